The van der Waals surface area contributed by atoms with Crippen molar-refractivity contribution in [2.24, 2.45) is 0 Å². The van der Waals surface area contributed by atoms with E-state index in [4.69, 9.17) is 4.42 Å². The van der Waals surface area contributed by atoms with Gasteiger partial charge in [0.2, 0.25) is 5.91 Å². The lowest BCUT2D eigenvalue weighted by molar-refractivity contribution is -0.134. The Morgan fingerprint density at radius 3 is 2.92 bits per heavy atom. The molecule has 0 unspecified atom stereocenters. The molecule has 5 nitrogen and oxygen atoms in total. The number of hydrogen-bond donors (Lipinski definition) is 1. The van der Waals surface area contributed by atoms with Gasteiger partial charge in [-0.1, -0.05) is 30.3 Å². The first-order valence-electron chi connectivity index (χ1n) is 8.72. The molecular formula is C20H21N3O2. The summed E-state index contributed by atoms with van der Waals surface area (Å²) in [7, 11) is 0. The highest BCUT2D eigenvalue weighted by atomic mass is 16.3. The highest BCUT2D eigenvalue weighted by Gasteiger charge is 2.30. The number of nitrogens with zero attached hydrogens (tertiary/aromatic N) is 2. The average Bonchev–Trinajstić information content (AvgIpc) is 3.34. The van der Waals surface area contributed by atoms with Crippen LogP contribution in [0, 0.1) is 0 Å². The van der Waals surface area contributed by atoms with Gasteiger partial charge < -0.3 is 14.3 Å². The third-order valence-corrected chi connectivity index (χ3v) is 4.75. The first-order valence-corrected chi connectivity index (χ1v) is 8.72. The summed E-state index contributed by atoms with van der Waals surface area (Å²) in [5.74, 6) is 1.00. The SMILES string of the molecule is O=C(Cc1ccoc1)N1CCCC[C@@H]1c1ncc(-c2ccccc2)[nH]1. The van der Waals surface area contributed by atoms with Crippen LogP contribution in [-0.4, -0.2) is 27.3 Å². The number of aromatic amines is 1. The van der Waals surface area contributed by atoms with E-state index in [9.17, 15) is 4.79 Å². The van der Waals surface area contributed by atoms with Gasteiger partial charge >= 0.3 is 0 Å². The predicted molar refractivity (Wildman–Crippen MR) is 94.7 cm³/mol. The van der Waals surface area contributed by atoms with Crippen LogP contribution in [0.1, 0.15) is 36.7 Å². The lowest BCUT2D eigenvalue weighted by Crippen LogP contribution is -2.39. The fourth-order valence-electron chi connectivity index (χ4n) is 3.45. The molecular weight excluding hydrogens is 314 g/mol. The quantitative estimate of drug-likeness (QED) is 0.785. The molecule has 0 bridgehead atoms. The van der Waals surface area contributed by atoms with Gasteiger partial charge in [-0.25, -0.2) is 4.98 Å². The number of aromatic nitrogens is 2. The van der Waals surface area contributed by atoms with Gasteiger partial charge in [-0.3, -0.25) is 4.79 Å². The molecule has 0 aliphatic carbocycles. The monoisotopic (exact) mass is 335 g/mol. The topological polar surface area (TPSA) is 62.1 Å². The number of piperidine rings is 1. The van der Waals surface area contributed by atoms with Crippen LogP contribution in [0.2, 0.25) is 0 Å². The number of benzene rings is 1. The number of rotatable bonds is 4. The number of likely N-dealkylation sites (tertiary alicyclic amines) is 1. The Labute approximate surface area is 146 Å². The van der Waals surface area contributed by atoms with Crippen LogP contribution in [0.4, 0.5) is 0 Å². The zero-order valence-electron chi connectivity index (χ0n) is 14.0. The molecule has 1 fully saturated rings. The van der Waals surface area contributed by atoms with Crippen molar-refractivity contribution in [3.05, 3.63) is 66.5 Å². The number of furan rings is 1. The molecule has 1 amide bonds. The molecule has 1 N–H and O–H groups in total. The second kappa shape index (κ2) is 6.97. The molecule has 0 radical (unpaired) electrons. The molecule has 2 aromatic heterocycles. The zero-order valence-corrected chi connectivity index (χ0v) is 14.0. The van der Waals surface area contributed by atoms with E-state index < -0.39 is 0 Å². The van der Waals surface area contributed by atoms with Crippen molar-refractivity contribution in [3.8, 4) is 11.3 Å². The number of carbonyl (C=O) groups is 1. The summed E-state index contributed by atoms with van der Waals surface area (Å²) in [6, 6.07) is 12.0. The maximum absolute atomic E-state index is 12.8. The Kier molecular flexibility index (Phi) is 4.37. The summed E-state index contributed by atoms with van der Waals surface area (Å²) in [5.41, 5.74) is 3.01. The minimum absolute atomic E-state index is 0.0191. The normalized spacial score (nSPS) is 17.6. The van der Waals surface area contributed by atoms with Crippen molar-refractivity contribution < 1.29 is 9.21 Å². The van der Waals surface area contributed by atoms with E-state index in [0.717, 1.165) is 48.5 Å². The van der Waals surface area contributed by atoms with Gasteiger partial charge in [0.25, 0.3) is 0 Å². The van der Waals surface area contributed by atoms with Crippen molar-refractivity contribution in [2.75, 3.05) is 6.54 Å². The van der Waals surface area contributed by atoms with Crippen LogP contribution in [-0.2, 0) is 11.2 Å². The molecule has 25 heavy (non-hydrogen) atoms. The summed E-state index contributed by atoms with van der Waals surface area (Å²) in [6.07, 6.45) is 8.57. The maximum Gasteiger partial charge on any atom is 0.227 e. The molecule has 1 aliphatic rings. The van der Waals surface area contributed by atoms with Gasteiger partial charge in [-0.05, 0) is 36.5 Å². The minimum Gasteiger partial charge on any atom is -0.472 e. The summed E-state index contributed by atoms with van der Waals surface area (Å²) >= 11 is 0. The molecule has 3 heterocycles. The minimum atomic E-state index is 0.0191. The molecule has 128 valence electrons. The van der Waals surface area contributed by atoms with E-state index in [0.29, 0.717) is 6.42 Å². The second-order valence-corrected chi connectivity index (χ2v) is 6.46. The van der Waals surface area contributed by atoms with E-state index in [1.54, 1.807) is 12.5 Å². The molecule has 5 heteroatoms. The summed E-state index contributed by atoms with van der Waals surface area (Å²) in [4.78, 5) is 22.7. The van der Waals surface area contributed by atoms with Crippen LogP contribution in [0.3, 0.4) is 0 Å². The molecule has 4 rings (SSSR count). The lowest BCUT2D eigenvalue weighted by atomic mass is 10.0. The Hall–Kier alpha value is -2.82. The second-order valence-electron chi connectivity index (χ2n) is 6.46. The van der Waals surface area contributed by atoms with Gasteiger partial charge in [0.05, 0.1) is 36.9 Å². The first kappa shape index (κ1) is 15.7. The predicted octanol–water partition coefficient (Wildman–Crippen LogP) is 3.97. The van der Waals surface area contributed by atoms with Crippen LogP contribution >= 0.6 is 0 Å². The van der Waals surface area contributed by atoms with Crippen LogP contribution in [0.5, 0.6) is 0 Å². The van der Waals surface area contributed by atoms with E-state index in [2.05, 4.69) is 22.1 Å². The van der Waals surface area contributed by atoms with Gasteiger partial charge in [-0.15, -0.1) is 0 Å². The molecule has 1 aliphatic heterocycles. The summed E-state index contributed by atoms with van der Waals surface area (Å²) < 4.78 is 5.08. The number of hydrogen-bond acceptors (Lipinski definition) is 3. The molecule has 1 saturated heterocycles. The molecule has 3 aromatic rings. The van der Waals surface area contributed by atoms with Crippen molar-refractivity contribution in [1.82, 2.24) is 14.9 Å². The van der Waals surface area contributed by atoms with Gasteiger partial charge in [-0.2, -0.15) is 0 Å². The van der Waals surface area contributed by atoms with E-state index >= 15 is 0 Å². The zero-order chi connectivity index (χ0) is 17.1. The number of H-pyrrole nitrogens is 1. The molecule has 1 aromatic carbocycles. The lowest BCUT2D eigenvalue weighted by Gasteiger charge is -2.34. The Morgan fingerprint density at radius 2 is 2.12 bits per heavy atom. The highest BCUT2D eigenvalue weighted by Crippen LogP contribution is 2.31. The van der Waals surface area contributed by atoms with E-state index in [1.807, 2.05) is 35.4 Å². The fourth-order valence-corrected chi connectivity index (χ4v) is 3.45. The highest BCUT2D eigenvalue weighted by molar-refractivity contribution is 5.79. The third-order valence-electron chi connectivity index (χ3n) is 4.75. The van der Waals surface area contributed by atoms with Crippen LogP contribution in [0.15, 0.2) is 59.5 Å². The van der Waals surface area contributed by atoms with Gasteiger partial charge in [0.15, 0.2) is 0 Å². The number of amides is 1. The Balaban J connectivity index is 1.55. The van der Waals surface area contributed by atoms with E-state index in [1.165, 1.54) is 0 Å². The van der Waals surface area contributed by atoms with Crippen LogP contribution in [0.25, 0.3) is 11.3 Å². The summed E-state index contributed by atoms with van der Waals surface area (Å²) in [5, 5.41) is 0. The largest absolute Gasteiger partial charge is 0.472 e. The molecule has 0 spiro atoms. The Bertz CT molecular complexity index is 824. The number of carbonyl (C=O) groups excluding carboxylic acids is 1. The van der Waals surface area contributed by atoms with Crippen molar-refractivity contribution in [1.29, 1.82) is 0 Å². The van der Waals surface area contributed by atoms with E-state index in [-0.39, 0.29) is 11.9 Å². The van der Waals surface area contributed by atoms with Gasteiger partial charge in [0, 0.05) is 6.54 Å². The first-order chi connectivity index (χ1) is 12.3. The number of nitrogens with one attached hydrogen (secondary N) is 1. The summed E-state index contributed by atoms with van der Waals surface area (Å²) in [6.45, 7) is 0.780. The van der Waals surface area contributed by atoms with Gasteiger partial charge in [0.1, 0.15) is 5.82 Å². The smallest absolute Gasteiger partial charge is 0.227 e. The Morgan fingerprint density at radius 1 is 1.24 bits per heavy atom. The average molecular weight is 335 g/mol. The maximum atomic E-state index is 12.8. The van der Waals surface area contributed by atoms with Crippen molar-refractivity contribution in [2.45, 2.75) is 31.7 Å². The van der Waals surface area contributed by atoms with Crippen molar-refractivity contribution in [3.63, 3.8) is 0 Å². The molecule has 1 atom stereocenters. The standard InChI is InChI=1S/C20H21N3O2/c24-19(12-15-9-11-25-14-15)23-10-5-4-8-18(23)20-21-13-17(22-20)16-6-2-1-3-7-16/h1-3,6-7,9,11,13-14,18H,4-5,8,10,12H2,(H,21,22)/t18-/m1/s1. The fraction of sp³-hybridized carbons (Fsp3) is 0.300. The number of imidazole rings is 1. The van der Waals surface area contributed by atoms with Crippen LogP contribution < -0.4 is 0 Å². The van der Waals surface area contributed by atoms with Crippen molar-refractivity contribution >= 4 is 5.91 Å². The third kappa shape index (κ3) is 3.36. The molecule has 0 saturated carbocycles.